The van der Waals surface area contributed by atoms with E-state index in [-0.39, 0.29) is 0 Å². The average Bonchev–Trinajstić information content (AvgIpc) is 1.69. The van der Waals surface area contributed by atoms with Gasteiger partial charge in [-0.1, -0.05) is 0 Å². The standard InChI is InChI=1S/C6H11N/c1-7-5-3-2-4-6-7/h3-6H2,1H3. The molecule has 1 nitrogen and oxygen atoms in total. The molecule has 1 fully saturated rings. The van der Waals surface area contributed by atoms with Crippen LogP contribution in [0, 0.1) is 6.42 Å². The highest BCUT2D eigenvalue weighted by Crippen LogP contribution is 2.03. The zero-order valence-electron chi connectivity index (χ0n) is 4.78. The van der Waals surface area contributed by atoms with Crippen molar-refractivity contribution in [1.29, 1.82) is 0 Å². The van der Waals surface area contributed by atoms with Gasteiger partial charge in [-0.2, -0.15) is 0 Å². The van der Waals surface area contributed by atoms with Gasteiger partial charge in [-0.05, 0) is 39.4 Å². The van der Waals surface area contributed by atoms with Crippen LogP contribution < -0.4 is 0 Å². The van der Waals surface area contributed by atoms with Gasteiger partial charge in [-0.25, -0.2) is 0 Å². The summed E-state index contributed by atoms with van der Waals surface area (Å²) in [5, 5.41) is 0. The molecule has 0 aromatic rings. The number of hydrogen-bond acceptors (Lipinski definition) is 1. The minimum atomic E-state index is 1.16. The monoisotopic (exact) mass is 97.1 g/mol. The summed E-state index contributed by atoms with van der Waals surface area (Å²) in [5.41, 5.74) is 0. The summed E-state index contributed by atoms with van der Waals surface area (Å²) in [6, 6.07) is 0. The highest BCUT2D eigenvalue weighted by molar-refractivity contribution is 4.73. The second-order valence-electron chi connectivity index (χ2n) is 2.05. The number of nitrogens with zero attached hydrogens (tertiary/aromatic N) is 1. The summed E-state index contributed by atoms with van der Waals surface area (Å²) >= 11 is 0. The van der Waals surface area contributed by atoms with Gasteiger partial charge in [0.15, 0.2) is 0 Å². The van der Waals surface area contributed by atoms with E-state index in [1.807, 2.05) is 0 Å². The molecule has 1 heteroatoms. The van der Waals surface area contributed by atoms with E-state index < -0.39 is 0 Å². The van der Waals surface area contributed by atoms with Crippen molar-refractivity contribution < 1.29 is 0 Å². The Morgan fingerprint density at radius 2 is 1.86 bits per heavy atom. The molecule has 1 heterocycles. The van der Waals surface area contributed by atoms with Crippen LogP contribution in [0.4, 0.5) is 0 Å². The fourth-order valence-corrected chi connectivity index (χ4v) is 0.777. The van der Waals surface area contributed by atoms with Crippen molar-refractivity contribution in [2.75, 3.05) is 20.1 Å². The van der Waals surface area contributed by atoms with Crippen molar-refractivity contribution in [3.63, 3.8) is 0 Å². The topological polar surface area (TPSA) is 3.24 Å². The molecule has 0 unspecified atom stereocenters. The molecular weight excluding hydrogens is 86.1 g/mol. The summed E-state index contributed by atoms with van der Waals surface area (Å²) in [4.78, 5) is 2.33. The van der Waals surface area contributed by atoms with Gasteiger partial charge in [-0.3, -0.25) is 0 Å². The molecule has 0 atom stereocenters. The zero-order chi connectivity index (χ0) is 5.11. The summed E-state index contributed by atoms with van der Waals surface area (Å²) in [7, 11) is 2.15. The van der Waals surface area contributed by atoms with Crippen molar-refractivity contribution in [3.8, 4) is 0 Å². The average molecular weight is 97.2 g/mol. The molecule has 0 amide bonds. The largest absolute Gasteiger partial charge is 0.306 e. The lowest BCUT2D eigenvalue weighted by molar-refractivity contribution is 0.310. The van der Waals surface area contributed by atoms with E-state index in [2.05, 4.69) is 18.4 Å². The Hall–Kier alpha value is -0.0400. The fraction of sp³-hybridized carbons (Fsp3) is 0.833. The summed E-state index contributed by atoms with van der Waals surface area (Å²) in [5.74, 6) is 0. The van der Waals surface area contributed by atoms with Crippen LogP contribution in [0.1, 0.15) is 12.8 Å². The molecular formula is C6H11N. The summed E-state index contributed by atoms with van der Waals surface area (Å²) in [6.45, 7) is 2.42. The molecule has 2 radical (unpaired) electrons. The van der Waals surface area contributed by atoms with Crippen molar-refractivity contribution in [2.24, 2.45) is 0 Å². The number of hydrogen-bond donors (Lipinski definition) is 0. The Labute approximate surface area is 45.3 Å². The van der Waals surface area contributed by atoms with Gasteiger partial charge in [0.05, 0.1) is 0 Å². The molecule has 40 valence electrons. The molecule has 1 aliphatic heterocycles. The van der Waals surface area contributed by atoms with Crippen LogP contribution in [0.5, 0.6) is 0 Å². The van der Waals surface area contributed by atoms with Gasteiger partial charge in [0.25, 0.3) is 0 Å². The first-order chi connectivity index (χ1) is 3.39. The van der Waals surface area contributed by atoms with E-state index in [1.165, 1.54) is 13.1 Å². The normalized spacial score (nSPS) is 25.3. The van der Waals surface area contributed by atoms with Gasteiger partial charge < -0.3 is 4.90 Å². The smallest absolute Gasteiger partial charge is 0.00161 e. The minimum Gasteiger partial charge on any atom is -0.306 e. The van der Waals surface area contributed by atoms with Crippen LogP contribution >= 0.6 is 0 Å². The highest BCUT2D eigenvalue weighted by atomic mass is 15.1. The lowest BCUT2D eigenvalue weighted by Crippen LogP contribution is -2.25. The molecule has 0 N–H and O–H groups in total. The van der Waals surface area contributed by atoms with Gasteiger partial charge in [-0.15, -0.1) is 0 Å². The SMILES string of the molecule is CN1CC[C]CC1. The molecule has 0 spiro atoms. The maximum atomic E-state index is 3.27. The highest BCUT2D eigenvalue weighted by Gasteiger charge is 2.02. The molecule has 7 heavy (non-hydrogen) atoms. The minimum absolute atomic E-state index is 1.16. The fourth-order valence-electron chi connectivity index (χ4n) is 0.777. The van der Waals surface area contributed by atoms with Gasteiger partial charge >= 0.3 is 0 Å². The molecule has 1 aliphatic rings. The third kappa shape index (κ3) is 1.48. The Kier molecular flexibility index (Phi) is 1.69. The third-order valence-electron chi connectivity index (χ3n) is 1.34. The second-order valence-corrected chi connectivity index (χ2v) is 2.05. The Morgan fingerprint density at radius 3 is 2.14 bits per heavy atom. The lowest BCUT2D eigenvalue weighted by Gasteiger charge is -2.20. The predicted octanol–water partition coefficient (Wildman–Crippen LogP) is 0.793. The lowest BCUT2D eigenvalue weighted by atomic mass is 10.1. The maximum absolute atomic E-state index is 3.27. The second kappa shape index (κ2) is 2.31. The summed E-state index contributed by atoms with van der Waals surface area (Å²) in [6.07, 6.45) is 5.60. The van der Waals surface area contributed by atoms with Crippen LogP contribution in [-0.2, 0) is 0 Å². The van der Waals surface area contributed by atoms with Crippen molar-refractivity contribution in [1.82, 2.24) is 4.90 Å². The van der Waals surface area contributed by atoms with Crippen LogP contribution in [0.15, 0.2) is 0 Å². The van der Waals surface area contributed by atoms with Crippen LogP contribution in [-0.4, -0.2) is 25.0 Å². The van der Waals surface area contributed by atoms with Gasteiger partial charge in [0.2, 0.25) is 0 Å². The van der Waals surface area contributed by atoms with Crippen LogP contribution in [0.25, 0.3) is 0 Å². The molecule has 0 saturated carbocycles. The molecule has 1 saturated heterocycles. The Balaban J connectivity index is 2.12. The van der Waals surface area contributed by atoms with E-state index in [0.29, 0.717) is 0 Å². The van der Waals surface area contributed by atoms with E-state index in [4.69, 9.17) is 0 Å². The van der Waals surface area contributed by atoms with Crippen molar-refractivity contribution >= 4 is 0 Å². The first kappa shape index (κ1) is 5.10. The molecule has 1 rings (SSSR count). The van der Waals surface area contributed by atoms with Crippen molar-refractivity contribution in [3.05, 3.63) is 6.42 Å². The number of rotatable bonds is 0. The van der Waals surface area contributed by atoms with Crippen LogP contribution in [0.3, 0.4) is 0 Å². The van der Waals surface area contributed by atoms with Crippen molar-refractivity contribution in [2.45, 2.75) is 12.8 Å². The van der Waals surface area contributed by atoms with E-state index in [1.54, 1.807) is 0 Å². The van der Waals surface area contributed by atoms with Gasteiger partial charge in [0, 0.05) is 0 Å². The molecule has 0 aromatic heterocycles. The Bertz CT molecular complexity index is 46.1. The number of likely N-dealkylation sites (tertiary alicyclic amines) is 1. The van der Waals surface area contributed by atoms with Gasteiger partial charge in [0.1, 0.15) is 0 Å². The zero-order valence-corrected chi connectivity index (χ0v) is 4.78. The number of piperidine rings is 1. The van der Waals surface area contributed by atoms with Crippen LogP contribution in [0.2, 0.25) is 0 Å². The first-order valence-corrected chi connectivity index (χ1v) is 2.79. The first-order valence-electron chi connectivity index (χ1n) is 2.79. The van der Waals surface area contributed by atoms with E-state index in [0.717, 1.165) is 12.8 Å². The quantitative estimate of drug-likeness (QED) is 0.432. The maximum Gasteiger partial charge on any atom is -0.00161 e. The molecule has 0 bridgehead atoms. The molecule has 0 aliphatic carbocycles. The van der Waals surface area contributed by atoms with E-state index in [9.17, 15) is 0 Å². The predicted molar refractivity (Wildman–Crippen MR) is 30.0 cm³/mol. The third-order valence-corrected chi connectivity index (χ3v) is 1.34. The molecule has 0 aromatic carbocycles. The Morgan fingerprint density at radius 1 is 1.29 bits per heavy atom. The summed E-state index contributed by atoms with van der Waals surface area (Å²) < 4.78 is 0. The van der Waals surface area contributed by atoms with E-state index >= 15 is 0 Å².